The first kappa shape index (κ1) is 12.0. The summed E-state index contributed by atoms with van der Waals surface area (Å²) >= 11 is 0. The average molecular weight is 211 g/mol. The number of ether oxygens (including phenoxy) is 1. The fourth-order valence-corrected chi connectivity index (χ4v) is 1.29. The predicted octanol–water partition coefficient (Wildman–Crippen LogP) is 2.62. The number of benzene rings is 1. The van der Waals surface area contributed by atoms with Gasteiger partial charge in [-0.1, -0.05) is 12.1 Å². The van der Waals surface area contributed by atoms with Gasteiger partial charge in [-0.25, -0.2) is 4.39 Å². The van der Waals surface area contributed by atoms with Crippen molar-refractivity contribution in [1.82, 2.24) is 0 Å². The van der Waals surface area contributed by atoms with Crippen LogP contribution in [0.1, 0.15) is 26.3 Å². The molecule has 0 amide bonds. The van der Waals surface area contributed by atoms with Crippen LogP contribution < -0.4 is 10.5 Å². The number of hydrogen-bond acceptors (Lipinski definition) is 2. The molecule has 2 nitrogen and oxygen atoms in total. The van der Waals surface area contributed by atoms with Crippen LogP contribution in [-0.2, 0) is 5.67 Å². The molecule has 0 aliphatic rings. The molecular weight excluding hydrogens is 193 g/mol. The molecule has 1 unspecified atom stereocenters. The van der Waals surface area contributed by atoms with Crippen molar-refractivity contribution < 1.29 is 9.13 Å². The molecule has 3 heteroatoms. The lowest BCUT2D eigenvalue weighted by Crippen LogP contribution is -2.49. The molecule has 1 atom stereocenters. The van der Waals surface area contributed by atoms with Crippen LogP contribution >= 0.6 is 0 Å². The second-order valence-electron chi connectivity index (χ2n) is 4.46. The summed E-state index contributed by atoms with van der Waals surface area (Å²) in [5, 5.41) is 0. The van der Waals surface area contributed by atoms with Gasteiger partial charge in [0.25, 0.3) is 0 Å². The second-order valence-corrected chi connectivity index (χ2v) is 4.46. The molecule has 0 saturated heterocycles. The fraction of sp³-hybridized carbons (Fsp3) is 0.500. The average Bonchev–Trinajstić information content (AvgIpc) is 2.16. The summed E-state index contributed by atoms with van der Waals surface area (Å²) < 4.78 is 19.5. The monoisotopic (exact) mass is 211 g/mol. The van der Waals surface area contributed by atoms with Crippen LogP contribution in [0.4, 0.5) is 4.39 Å². The lowest BCUT2D eigenvalue weighted by atomic mass is 9.81. The number of rotatable bonds is 3. The molecule has 84 valence electrons. The minimum atomic E-state index is -1.58. The zero-order chi connectivity index (χ0) is 11.7. The maximum Gasteiger partial charge on any atom is 0.150 e. The zero-order valence-corrected chi connectivity index (χ0v) is 9.67. The van der Waals surface area contributed by atoms with Crippen molar-refractivity contribution in [3.8, 4) is 5.75 Å². The summed E-state index contributed by atoms with van der Waals surface area (Å²) in [7, 11) is 1.56. The quantitative estimate of drug-likeness (QED) is 0.834. The summed E-state index contributed by atoms with van der Waals surface area (Å²) in [6.45, 7) is 4.83. The van der Waals surface area contributed by atoms with E-state index in [1.807, 2.05) is 0 Å². The maximum absolute atomic E-state index is 14.5. The Kier molecular flexibility index (Phi) is 3.05. The van der Waals surface area contributed by atoms with Gasteiger partial charge in [-0.05, 0) is 38.5 Å². The van der Waals surface area contributed by atoms with E-state index < -0.39 is 11.2 Å². The molecule has 1 rings (SSSR count). The van der Waals surface area contributed by atoms with Crippen LogP contribution in [0.5, 0.6) is 5.75 Å². The highest BCUT2D eigenvalue weighted by Crippen LogP contribution is 2.36. The van der Waals surface area contributed by atoms with Crippen molar-refractivity contribution in [2.24, 2.45) is 5.73 Å². The number of halogens is 1. The summed E-state index contributed by atoms with van der Waals surface area (Å²) in [4.78, 5) is 0. The Hall–Kier alpha value is -1.09. The fourth-order valence-electron chi connectivity index (χ4n) is 1.29. The standard InChI is InChI=1S/C12H18FNO/c1-11(2,14)12(3,13)9-6-5-7-10(8-9)15-4/h5-8H,14H2,1-4H3. The van der Waals surface area contributed by atoms with Gasteiger partial charge in [0, 0.05) is 5.54 Å². The lowest BCUT2D eigenvalue weighted by molar-refractivity contribution is 0.0952. The van der Waals surface area contributed by atoms with Crippen molar-refractivity contribution >= 4 is 0 Å². The predicted molar refractivity (Wildman–Crippen MR) is 59.7 cm³/mol. The molecule has 0 saturated carbocycles. The first-order valence-corrected chi connectivity index (χ1v) is 4.91. The first-order valence-electron chi connectivity index (χ1n) is 4.91. The summed E-state index contributed by atoms with van der Waals surface area (Å²) in [6, 6.07) is 6.94. The van der Waals surface area contributed by atoms with Crippen LogP contribution in [0, 0.1) is 0 Å². The van der Waals surface area contributed by atoms with Crippen LogP contribution in [0.25, 0.3) is 0 Å². The minimum Gasteiger partial charge on any atom is -0.497 e. The SMILES string of the molecule is COc1cccc(C(C)(F)C(C)(C)N)c1. The minimum absolute atomic E-state index is 0.536. The molecule has 1 aromatic carbocycles. The third kappa shape index (κ3) is 2.29. The molecule has 0 aliphatic heterocycles. The van der Waals surface area contributed by atoms with Crippen molar-refractivity contribution in [3.63, 3.8) is 0 Å². The maximum atomic E-state index is 14.5. The van der Waals surface area contributed by atoms with E-state index in [4.69, 9.17) is 10.5 Å². The van der Waals surface area contributed by atoms with Crippen molar-refractivity contribution in [3.05, 3.63) is 29.8 Å². The Labute approximate surface area is 90.2 Å². The first-order chi connectivity index (χ1) is 6.79. The van der Waals surface area contributed by atoms with Crippen LogP contribution in [-0.4, -0.2) is 12.6 Å². The number of hydrogen-bond donors (Lipinski definition) is 1. The summed E-state index contributed by atoms with van der Waals surface area (Å²) in [5.74, 6) is 0.639. The Morgan fingerprint density at radius 3 is 2.33 bits per heavy atom. The van der Waals surface area contributed by atoms with Gasteiger partial charge in [-0.3, -0.25) is 0 Å². The lowest BCUT2D eigenvalue weighted by Gasteiger charge is -2.34. The number of nitrogens with two attached hydrogens (primary N) is 1. The van der Waals surface area contributed by atoms with Crippen LogP contribution in [0.15, 0.2) is 24.3 Å². The van der Waals surface area contributed by atoms with E-state index in [1.54, 1.807) is 45.2 Å². The van der Waals surface area contributed by atoms with Crippen molar-refractivity contribution in [1.29, 1.82) is 0 Å². The zero-order valence-electron chi connectivity index (χ0n) is 9.67. The molecule has 1 aromatic rings. The summed E-state index contributed by atoms with van der Waals surface area (Å²) in [6.07, 6.45) is 0. The van der Waals surface area contributed by atoms with Gasteiger partial charge in [0.2, 0.25) is 0 Å². The van der Waals surface area contributed by atoms with Crippen molar-refractivity contribution in [2.45, 2.75) is 32.0 Å². The van der Waals surface area contributed by atoms with Crippen LogP contribution in [0.2, 0.25) is 0 Å². The smallest absolute Gasteiger partial charge is 0.150 e. The van der Waals surface area contributed by atoms with E-state index in [-0.39, 0.29) is 0 Å². The highest BCUT2D eigenvalue weighted by molar-refractivity contribution is 5.34. The molecule has 0 radical (unpaired) electrons. The van der Waals surface area contributed by atoms with E-state index >= 15 is 0 Å². The molecule has 0 fully saturated rings. The topological polar surface area (TPSA) is 35.2 Å². The Bertz CT molecular complexity index is 342. The van der Waals surface area contributed by atoms with Crippen molar-refractivity contribution in [2.75, 3.05) is 7.11 Å². The van der Waals surface area contributed by atoms with E-state index in [1.165, 1.54) is 6.92 Å². The third-order valence-corrected chi connectivity index (χ3v) is 2.82. The van der Waals surface area contributed by atoms with Crippen LogP contribution in [0.3, 0.4) is 0 Å². The largest absolute Gasteiger partial charge is 0.497 e. The van der Waals surface area contributed by atoms with Gasteiger partial charge in [-0.15, -0.1) is 0 Å². The Morgan fingerprint density at radius 2 is 1.87 bits per heavy atom. The molecular formula is C12H18FNO. The van der Waals surface area contributed by atoms with E-state index in [2.05, 4.69) is 0 Å². The van der Waals surface area contributed by atoms with Gasteiger partial charge in [0.1, 0.15) is 5.75 Å². The highest BCUT2D eigenvalue weighted by atomic mass is 19.1. The van der Waals surface area contributed by atoms with Gasteiger partial charge in [0.05, 0.1) is 7.11 Å². The highest BCUT2D eigenvalue weighted by Gasteiger charge is 2.40. The number of methoxy groups -OCH3 is 1. The molecule has 2 N–H and O–H groups in total. The van der Waals surface area contributed by atoms with E-state index in [9.17, 15) is 4.39 Å². The van der Waals surface area contributed by atoms with Gasteiger partial charge in [0.15, 0.2) is 5.67 Å². The molecule has 0 aliphatic carbocycles. The Morgan fingerprint density at radius 1 is 1.27 bits per heavy atom. The molecule has 15 heavy (non-hydrogen) atoms. The third-order valence-electron chi connectivity index (χ3n) is 2.82. The molecule has 0 spiro atoms. The van der Waals surface area contributed by atoms with E-state index in [0.29, 0.717) is 11.3 Å². The van der Waals surface area contributed by atoms with Gasteiger partial charge < -0.3 is 10.5 Å². The Balaban J connectivity index is 3.15. The van der Waals surface area contributed by atoms with Gasteiger partial charge >= 0.3 is 0 Å². The molecule has 0 aromatic heterocycles. The second kappa shape index (κ2) is 3.81. The summed E-state index contributed by atoms with van der Waals surface area (Å²) in [5.41, 5.74) is 3.84. The molecule has 0 bridgehead atoms. The van der Waals surface area contributed by atoms with E-state index in [0.717, 1.165) is 0 Å². The number of alkyl halides is 1. The van der Waals surface area contributed by atoms with Gasteiger partial charge in [-0.2, -0.15) is 0 Å². The molecule has 0 heterocycles. The normalized spacial score (nSPS) is 15.9.